The van der Waals surface area contributed by atoms with Gasteiger partial charge in [-0.05, 0) is 23.7 Å². The fourth-order valence-corrected chi connectivity index (χ4v) is 3.68. The zero-order chi connectivity index (χ0) is 22.3. The van der Waals surface area contributed by atoms with Gasteiger partial charge in [0.25, 0.3) is 5.91 Å². The highest BCUT2D eigenvalue weighted by molar-refractivity contribution is 5.92. The first-order valence-electron chi connectivity index (χ1n) is 10.9. The second-order valence-electron chi connectivity index (χ2n) is 8.05. The van der Waals surface area contributed by atoms with Crippen LogP contribution in [0.2, 0.25) is 0 Å². The number of aromatic nitrogens is 3. The van der Waals surface area contributed by atoms with Gasteiger partial charge in [0.2, 0.25) is 5.91 Å². The summed E-state index contributed by atoms with van der Waals surface area (Å²) in [5.41, 5.74) is 3.59. The quantitative estimate of drug-likeness (QED) is 0.614. The summed E-state index contributed by atoms with van der Waals surface area (Å²) in [4.78, 5) is 28.8. The van der Waals surface area contributed by atoms with E-state index in [1.54, 1.807) is 15.8 Å². The third-order valence-corrected chi connectivity index (χ3v) is 5.64. The zero-order valence-electron chi connectivity index (χ0n) is 18.3. The van der Waals surface area contributed by atoms with Crippen LogP contribution in [0.4, 0.5) is 0 Å². The number of nitrogens with one attached hydrogen (secondary N) is 1. The zero-order valence-corrected chi connectivity index (χ0v) is 18.3. The molecule has 2 heterocycles. The van der Waals surface area contributed by atoms with E-state index in [1.165, 1.54) is 0 Å². The molecule has 0 bridgehead atoms. The maximum absolute atomic E-state index is 12.5. The molecule has 32 heavy (non-hydrogen) atoms. The number of rotatable bonds is 7. The molecule has 0 aliphatic carbocycles. The second kappa shape index (κ2) is 10.2. The Bertz CT molecular complexity index is 1040. The van der Waals surface area contributed by atoms with Crippen LogP contribution in [0.5, 0.6) is 0 Å². The molecule has 1 aliphatic heterocycles. The standard InChI is InChI=1S/C24H28N6O2/c1-28-13-15-29(16-14-28)24(32)22-18-30(27-26-22)12-11-25-23(31)17-19-7-9-21(10-8-19)20-5-3-2-4-6-20/h2-10,18H,11-17H2,1H3,(H,25,31). The van der Waals surface area contributed by atoms with Gasteiger partial charge < -0.3 is 15.1 Å². The SMILES string of the molecule is CN1CCN(C(=O)c2cn(CCNC(=O)Cc3ccc(-c4ccccc4)cc3)nn2)CC1. The van der Waals surface area contributed by atoms with Crippen molar-refractivity contribution in [2.45, 2.75) is 13.0 Å². The van der Waals surface area contributed by atoms with E-state index in [2.05, 4.69) is 32.7 Å². The van der Waals surface area contributed by atoms with Crippen LogP contribution in [0.15, 0.2) is 60.8 Å². The van der Waals surface area contributed by atoms with Gasteiger partial charge in [-0.15, -0.1) is 5.10 Å². The first-order chi connectivity index (χ1) is 15.6. The monoisotopic (exact) mass is 432 g/mol. The Kier molecular flexibility index (Phi) is 6.91. The van der Waals surface area contributed by atoms with Crippen molar-refractivity contribution < 1.29 is 9.59 Å². The Hall–Kier alpha value is -3.52. The molecule has 166 valence electrons. The van der Waals surface area contributed by atoms with E-state index >= 15 is 0 Å². The summed E-state index contributed by atoms with van der Waals surface area (Å²) in [5, 5.41) is 10.9. The van der Waals surface area contributed by atoms with Gasteiger partial charge in [-0.25, -0.2) is 4.68 Å². The minimum Gasteiger partial charge on any atom is -0.354 e. The summed E-state index contributed by atoms with van der Waals surface area (Å²) in [6.45, 7) is 4.01. The van der Waals surface area contributed by atoms with Gasteiger partial charge in [0.1, 0.15) is 0 Å². The Morgan fingerprint density at radius 2 is 1.62 bits per heavy atom. The Morgan fingerprint density at radius 3 is 2.34 bits per heavy atom. The lowest BCUT2D eigenvalue weighted by Gasteiger charge is -2.31. The minimum absolute atomic E-state index is 0.0497. The van der Waals surface area contributed by atoms with E-state index in [1.807, 2.05) is 49.5 Å². The molecule has 0 radical (unpaired) electrons. The number of benzene rings is 2. The molecule has 8 nitrogen and oxygen atoms in total. The second-order valence-corrected chi connectivity index (χ2v) is 8.05. The average Bonchev–Trinajstić information content (AvgIpc) is 3.29. The molecule has 1 aliphatic rings. The number of carbonyl (C=O) groups is 2. The van der Waals surface area contributed by atoms with Crippen LogP contribution in [0.3, 0.4) is 0 Å². The molecule has 2 amide bonds. The lowest BCUT2D eigenvalue weighted by Crippen LogP contribution is -2.47. The van der Waals surface area contributed by atoms with Crippen LogP contribution in [0, 0.1) is 0 Å². The van der Waals surface area contributed by atoms with Crippen molar-refractivity contribution in [1.82, 2.24) is 30.1 Å². The van der Waals surface area contributed by atoms with Crippen molar-refractivity contribution in [3.63, 3.8) is 0 Å². The molecule has 1 N–H and O–H groups in total. The average molecular weight is 433 g/mol. The molecule has 1 aromatic heterocycles. The normalized spacial score (nSPS) is 14.3. The largest absolute Gasteiger partial charge is 0.354 e. The Labute approximate surface area is 187 Å². The molecule has 2 aromatic carbocycles. The van der Waals surface area contributed by atoms with Gasteiger partial charge in [0.05, 0.1) is 19.2 Å². The van der Waals surface area contributed by atoms with Crippen molar-refractivity contribution in [3.05, 3.63) is 72.1 Å². The van der Waals surface area contributed by atoms with Crippen molar-refractivity contribution >= 4 is 11.8 Å². The van der Waals surface area contributed by atoms with Gasteiger partial charge in [-0.3, -0.25) is 9.59 Å². The summed E-state index contributed by atoms with van der Waals surface area (Å²) in [7, 11) is 2.05. The molecule has 3 aromatic rings. The number of hydrogen-bond acceptors (Lipinski definition) is 5. The van der Waals surface area contributed by atoms with Gasteiger partial charge in [0, 0.05) is 32.7 Å². The summed E-state index contributed by atoms with van der Waals surface area (Å²) in [5.74, 6) is -0.140. The summed E-state index contributed by atoms with van der Waals surface area (Å²) < 4.78 is 1.60. The molecule has 1 fully saturated rings. The van der Waals surface area contributed by atoms with Crippen LogP contribution in [0.1, 0.15) is 16.1 Å². The molecule has 0 spiro atoms. The number of piperazine rings is 1. The summed E-state index contributed by atoms with van der Waals surface area (Å²) >= 11 is 0. The molecular weight excluding hydrogens is 404 g/mol. The first-order valence-corrected chi connectivity index (χ1v) is 10.9. The Balaban J connectivity index is 1.22. The van der Waals surface area contributed by atoms with Gasteiger partial charge in [0.15, 0.2) is 5.69 Å². The van der Waals surface area contributed by atoms with E-state index < -0.39 is 0 Å². The predicted octanol–water partition coefficient (Wildman–Crippen LogP) is 1.69. The maximum atomic E-state index is 12.5. The third-order valence-electron chi connectivity index (χ3n) is 5.64. The third kappa shape index (κ3) is 5.59. The highest BCUT2D eigenvalue weighted by Crippen LogP contribution is 2.19. The highest BCUT2D eigenvalue weighted by Gasteiger charge is 2.22. The number of amides is 2. The van der Waals surface area contributed by atoms with Crippen LogP contribution < -0.4 is 5.32 Å². The highest BCUT2D eigenvalue weighted by atomic mass is 16.2. The van der Waals surface area contributed by atoms with Crippen LogP contribution in [0.25, 0.3) is 11.1 Å². The smallest absolute Gasteiger partial charge is 0.276 e. The van der Waals surface area contributed by atoms with E-state index in [9.17, 15) is 9.59 Å². The van der Waals surface area contributed by atoms with E-state index in [-0.39, 0.29) is 11.8 Å². The van der Waals surface area contributed by atoms with Crippen LogP contribution in [-0.4, -0.2) is 76.4 Å². The van der Waals surface area contributed by atoms with E-state index in [4.69, 9.17) is 0 Å². The number of hydrogen-bond donors (Lipinski definition) is 1. The molecule has 4 rings (SSSR count). The van der Waals surface area contributed by atoms with Crippen molar-refractivity contribution in [2.24, 2.45) is 0 Å². The maximum Gasteiger partial charge on any atom is 0.276 e. The van der Waals surface area contributed by atoms with Gasteiger partial charge in [-0.1, -0.05) is 59.8 Å². The van der Waals surface area contributed by atoms with Crippen molar-refractivity contribution in [2.75, 3.05) is 39.8 Å². The molecule has 8 heteroatoms. The molecule has 1 saturated heterocycles. The number of nitrogens with zero attached hydrogens (tertiary/aromatic N) is 5. The molecular formula is C24H28N6O2. The fourth-order valence-electron chi connectivity index (χ4n) is 3.68. The van der Waals surface area contributed by atoms with Crippen LogP contribution in [-0.2, 0) is 17.8 Å². The molecule has 0 atom stereocenters. The predicted molar refractivity (Wildman–Crippen MR) is 122 cm³/mol. The summed E-state index contributed by atoms with van der Waals surface area (Å²) in [6.07, 6.45) is 1.97. The van der Waals surface area contributed by atoms with Gasteiger partial charge >= 0.3 is 0 Å². The lowest BCUT2D eigenvalue weighted by molar-refractivity contribution is -0.120. The number of carbonyl (C=O) groups excluding carboxylic acids is 2. The summed E-state index contributed by atoms with van der Waals surface area (Å²) in [6, 6.07) is 18.2. The number of likely N-dealkylation sites (N-methyl/N-ethyl adjacent to an activating group) is 1. The van der Waals surface area contributed by atoms with Crippen molar-refractivity contribution in [1.29, 1.82) is 0 Å². The van der Waals surface area contributed by atoms with E-state index in [0.717, 1.165) is 29.8 Å². The molecule has 0 unspecified atom stereocenters. The van der Waals surface area contributed by atoms with Crippen molar-refractivity contribution in [3.8, 4) is 11.1 Å². The van der Waals surface area contributed by atoms with Gasteiger partial charge in [-0.2, -0.15) is 0 Å². The molecule has 0 saturated carbocycles. The topological polar surface area (TPSA) is 83.4 Å². The fraction of sp³-hybridized carbons (Fsp3) is 0.333. The first kappa shape index (κ1) is 21.7. The minimum atomic E-state index is -0.0904. The Morgan fingerprint density at radius 1 is 0.938 bits per heavy atom. The van der Waals surface area contributed by atoms with Crippen LogP contribution >= 0.6 is 0 Å². The lowest BCUT2D eigenvalue weighted by atomic mass is 10.0. The van der Waals surface area contributed by atoms with E-state index in [0.29, 0.717) is 38.3 Å².